The van der Waals surface area contributed by atoms with E-state index in [2.05, 4.69) is 5.32 Å². The summed E-state index contributed by atoms with van der Waals surface area (Å²) in [5.74, 6) is 1.06. The third kappa shape index (κ3) is 0.983. The highest BCUT2D eigenvalue weighted by Crippen LogP contribution is 2.28. The van der Waals surface area contributed by atoms with Crippen LogP contribution in [0.4, 0.5) is 0 Å². The largest absolute Gasteiger partial charge is 0.313 e. The van der Waals surface area contributed by atoms with Gasteiger partial charge in [0, 0.05) is 6.04 Å². The minimum atomic E-state index is 0.924. The van der Waals surface area contributed by atoms with Gasteiger partial charge in [0.25, 0.3) is 0 Å². The molecule has 0 spiro atoms. The zero-order valence-electron chi connectivity index (χ0n) is 5.90. The molecule has 1 heteroatoms. The molecule has 0 unspecified atom stereocenters. The Bertz CT molecular complexity index is 88.7. The summed E-state index contributed by atoms with van der Waals surface area (Å²) in [6, 6.07) is 0.924. The first kappa shape index (κ1) is 5.72. The van der Waals surface area contributed by atoms with Crippen molar-refractivity contribution < 1.29 is 0 Å². The zero-order chi connectivity index (χ0) is 6.10. The maximum absolute atomic E-state index is 3.49. The second kappa shape index (κ2) is 2.30. The molecule has 1 aliphatic carbocycles. The van der Waals surface area contributed by atoms with E-state index in [1.807, 2.05) is 0 Å². The fourth-order valence-electron chi connectivity index (χ4n) is 2.04. The molecule has 1 aliphatic heterocycles. The molecule has 1 saturated heterocycles. The van der Waals surface area contributed by atoms with Gasteiger partial charge in [0.2, 0.25) is 0 Å². The van der Waals surface area contributed by atoms with Crippen LogP contribution in [0.1, 0.15) is 32.1 Å². The van der Waals surface area contributed by atoms with E-state index in [1.54, 1.807) is 0 Å². The lowest BCUT2D eigenvalue weighted by Crippen LogP contribution is -2.51. The maximum atomic E-state index is 3.49. The highest BCUT2D eigenvalue weighted by atomic mass is 15.0. The predicted molar refractivity (Wildman–Crippen MR) is 38.4 cm³/mol. The summed E-state index contributed by atoms with van der Waals surface area (Å²) in [5, 5.41) is 3.49. The van der Waals surface area contributed by atoms with Crippen LogP contribution < -0.4 is 5.32 Å². The van der Waals surface area contributed by atoms with Gasteiger partial charge in [-0.2, -0.15) is 0 Å². The van der Waals surface area contributed by atoms with Crippen molar-refractivity contribution >= 4 is 0 Å². The van der Waals surface area contributed by atoms with Crippen LogP contribution in [-0.2, 0) is 0 Å². The Hall–Kier alpha value is -0.0400. The van der Waals surface area contributed by atoms with Crippen molar-refractivity contribution in [2.24, 2.45) is 5.92 Å². The highest BCUT2D eigenvalue weighted by Gasteiger charge is 2.30. The van der Waals surface area contributed by atoms with Gasteiger partial charge in [0.05, 0.1) is 0 Å². The van der Waals surface area contributed by atoms with Crippen LogP contribution in [0.5, 0.6) is 0 Å². The zero-order valence-corrected chi connectivity index (χ0v) is 5.90. The summed E-state index contributed by atoms with van der Waals surface area (Å²) >= 11 is 0. The van der Waals surface area contributed by atoms with Crippen molar-refractivity contribution in [1.82, 2.24) is 5.32 Å². The third-order valence-electron chi connectivity index (χ3n) is 2.80. The van der Waals surface area contributed by atoms with E-state index in [9.17, 15) is 0 Å². The summed E-state index contributed by atoms with van der Waals surface area (Å²) < 4.78 is 0. The van der Waals surface area contributed by atoms with E-state index in [0.717, 1.165) is 12.0 Å². The van der Waals surface area contributed by atoms with Crippen LogP contribution in [-0.4, -0.2) is 12.6 Å². The molecular formula is C8H15N. The van der Waals surface area contributed by atoms with Crippen molar-refractivity contribution in [3.8, 4) is 0 Å². The molecular weight excluding hydrogens is 110 g/mol. The summed E-state index contributed by atoms with van der Waals surface area (Å²) in [6.07, 6.45) is 7.38. The molecule has 0 radical (unpaired) electrons. The molecule has 2 atom stereocenters. The fourth-order valence-corrected chi connectivity index (χ4v) is 2.04. The van der Waals surface area contributed by atoms with Gasteiger partial charge < -0.3 is 5.32 Å². The lowest BCUT2D eigenvalue weighted by molar-refractivity contribution is 0.219. The topological polar surface area (TPSA) is 12.0 Å². The molecule has 0 aromatic rings. The highest BCUT2D eigenvalue weighted by molar-refractivity contribution is 4.89. The van der Waals surface area contributed by atoms with Crippen molar-refractivity contribution in [3.63, 3.8) is 0 Å². The first-order chi connectivity index (χ1) is 4.47. The molecule has 1 heterocycles. The predicted octanol–water partition coefficient (Wildman–Crippen LogP) is 1.54. The minimum Gasteiger partial charge on any atom is -0.313 e. The SMILES string of the molecule is C1CC[C@@H]2CN[C@H]2CC1. The number of nitrogens with one attached hydrogen (secondary N) is 1. The Kier molecular flexibility index (Phi) is 1.46. The van der Waals surface area contributed by atoms with Gasteiger partial charge in [-0.25, -0.2) is 0 Å². The Balaban J connectivity index is 1.90. The van der Waals surface area contributed by atoms with Crippen LogP contribution in [0.15, 0.2) is 0 Å². The van der Waals surface area contributed by atoms with Gasteiger partial charge >= 0.3 is 0 Å². The lowest BCUT2D eigenvalue weighted by Gasteiger charge is -2.36. The van der Waals surface area contributed by atoms with Crippen LogP contribution in [0.25, 0.3) is 0 Å². The molecule has 9 heavy (non-hydrogen) atoms. The number of hydrogen-bond donors (Lipinski definition) is 1. The molecule has 1 N–H and O–H groups in total. The molecule has 2 rings (SSSR count). The van der Waals surface area contributed by atoms with Crippen molar-refractivity contribution in [2.75, 3.05) is 6.54 Å². The summed E-state index contributed by atoms with van der Waals surface area (Å²) in [4.78, 5) is 0. The van der Waals surface area contributed by atoms with Gasteiger partial charge in [0.1, 0.15) is 0 Å². The molecule has 0 aromatic carbocycles. The quantitative estimate of drug-likeness (QED) is 0.518. The molecule has 1 nitrogen and oxygen atoms in total. The Morgan fingerprint density at radius 1 is 1.00 bits per heavy atom. The number of fused-ring (bicyclic) bond motifs is 1. The van der Waals surface area contributed by atoms with E-state index in [0.29, 0.717) is 0 Å². The average molecular weight is 125 g/mol. The normalized spacial score (nSPS) is 42.7. The number of rotatable bonds is 0. The van der Waals surface area contributed by atoms with Gasteiger partial charge in [-0.1, -0.05) is 19.3 Å². The summed E-state index contributed by atoms with van der Waals surface area (Å²) in [7, 11) is 0. The summed E-state index contributed by atoms with van der Waals surface area (Å²) in [6.45, 7) is 1.31. The molecule has 2 aliphatic rings. The first-order valence-electron chi connectivity index (χ1n) is 4.20. The third-order valence-corrected chi connectivity index (χ3v) is 2.80. The molecule has 1 saturated carbocycles. The van der Waals surface area contributed by atoms with E-state index in [1.165, 1.54) is 38.6 Å². The molecule has 0 bridgehead atoms. The molecule has 2 fully saturated rings. The van der Waals surface area contributed by atoms with Gasteiger partial charge in [-0.05, 0) is 25.3 Å². The van der Waals surface area contributed by atoms with Crippen LogP contribution >= 0.6 is 0 Å². The van der Waals surface area contributed by atoms with Crippen LogP contribution in [0.3, 0.4) is 0 Å². The minimum absolute atomic E-state index is 0.924. The standard InChI is InChI=1S/C8H15N/c1-2-4-7-6-9-8(7)5-3-1/h7-9H,1-6H2/t7-,8+/m1/s1. The van der Waals surface area contributed by atoms with Crippen LogP contribution in [0.2, 0.25) is 0 Å². The van der Waals surface area contributed by atoms with E-state index >= 15 is 0 Å². The summed E-state index contributed by atoms with van der Waals surface area (Å²) in [5.41, 5.74) is 0. The smallest absolute Gasteiger partial charge is 0.0108 e. The molecule has 0 aromatic heterocycles. The fraction of sp³-hybridized carbons (Fsp3) is 1.00. The Labute approximate surface area is 56.8 Å². The monoisotopic (exact) mass is 125 g/mol. The molecule has 52 valence electrons. The van der Waals surface area contributed by atoms with E-state index in [4.69, 9.17) is 0 Å². The Morgan fingerprint density at radius 2 is 1.89 bits per heavy atom. The van der Waals surface area contributed by atoms with Gasteiger partial charge in [-0.15, -0.1) is 0 Å². The van der Waals surface area contributed by atoms with Crippen molar-refractivity contribution in [3.05, 3.63) is 0 Å². The van der Waals surface area contributed by atoms with Crippen LogP contribution in [0, 0.1) is 5.92 Å². The average Bonchev–Trinajstić information content (AvgIpc) is 1.94. The van der Waals surface area contributed by atoms with Gasteiger partial charge in [0.15, 0.2) is 0 Å². The van der Waals surface area contributed by atoms with E-state index in [-0.39, 0.29) is 0 Å². The first-order valence-corrected chi connectivity index (χ1v) is 4.20. The van der Waals surface area contributed by atoms with Gasteiger partial charge in [-0.3, -0.25) is 0 Å². The lowest BCUT2D eigenvalue weighted by atomic mass is 9.88. The van der Waals surface area contributed by atoms with Crippen molar-refractivity contribution in [1.29, 1.82) is 0 Å². The second-order valence-corrected chi connectivity index (χ2v) is 3.41. The van der Waals surface area contributed by atoms with Crippen molar-refractivity contribution in [2.45, 2.75) is 38.1 Å². The Morgan fingerprint density at radius 3 is 2.67 bits per heavy atom. The number of hydrogen-bond acceptors (Lipinski definition) is 1. The second-order valence-electron chi connectivity index (χ2n) is 3.41. The van der Waals surface area contributed by atoms with E-state index < -0.39 is 0 Å². The maximum Gasteiger partial charge on any atom is 0.0108 e. The molecule has 0 amide bonds.